The van der Waals surface area contributed by atoms with E-state index in [0.29, 0.717) is 11.5 Å². The van der Waals surface area contributed by atoms with E-state index in [4.69, 9.17) is 13.9 Å². The number of ether oxygens (including phenoxy) is 2. The number of carbonyl (C=O) groups is 2. The van der Waals surface area contributed by atoms with Crippen LogP contribution in [-0.2, 0) is 25.5 Å². The normalized spacial score (nSPS) is 32.2. The fourth-order valence-corrected chi connectivity index (χ4v) is 5.63. The summed E-state index contributed by atoms with van der Waals surface area (Å²) < 4.78 is 15.9. The van der Waals surface area contributed by atoms with Crippen molar-refractivity contribution < 1.29 is 23.5 Å². The summed E-state index contributed by atoms with van der Waals surface area (Å²) in [5, 5.41) is 0. The highest BCUT2D eigenvalue weighted by Crippen LogP contribution is 2.62. The van der Waals surface area contributed by atoms with Gasteiger partial charge in [0, 0.05) is 17.9 Å². The zero-order chi connectivity index (χ0) is 20.4. The summed E-state index contributed by atoms with van der Waals surface area (Å²) in [7, 11) is 1.43. The molecule has 0 aliphatic heterocycles. The van der Waals surface area contributed by atoms with Crippen LogP contribution in [0.2, 0.25) is 0 Å². The molecule has 0 unspecified atom stereocenters. The summed E-state index contributed by atoms with van der Waals surface area (Å²) in [5.74, 6) is 0.186. The van der Waals surface area contributed by atoms with Crippen molar-refractivity contribution in [3.63, 3.8) is 0 Å². The summed E-state index contributed by atoms with van der Waals surface area (Å²) in [6, 6.07) is 2.02. The largest absolute Gasteiger partial charge is 0.472 e. The summed E-state index contributed by atoms with van der Waals surface area (Å²) >= 11 is 0. The van der Waals surface area contributed by atoms with E-state index in [9.17, 15) is 9.59 Å². The highest BCUT2D eigenvalue weighted by Gasteiger charge is 2.58. The Hall–Kier alpha value is -2.04. The fraction of sp³-hybridized carbons (Fsp3) is 0.652. The number of esters is 2. The van der Waals surface area contributed by atoms with E-state index in [1.165, 1.54) is 19.6 Å². The minimum atomic E-state index is -0.464. The molecule has 1 aromatic heterocycles. The Labute approximate surface area is 167 Å². The van der Waals surface area contributed by atoms with Crippen LogP contribution in [0.1, 0.15) is 58.4 Å². The van der Waals surface area contributed by atoms with E-state index < -0.39 is 5.41 Å². The molecule has 2 aliphatic rings. The first-order chi connectivity index (χ1) is 13.3. The Bertz CT molecular complexity index is 734. The van der Waals surface area contributed by atoms with Gasteiger partial charge < -0.3 is 13.9 Å². The molecule has 3 rings (SSSR count). The zero-order valence-corrected chi connectivity index (χ0v) is 17.5. The summed E-state index contributed by atoms with van der Waals surface area (Å²) in [4.78, 5) is 24.3. The third-order valence-electron chi connectivity index (χ3n) is 7.42. The van der Waals surface area contributed by atoms with E-state index in [2.05, 4.69) is 13.8 Å². The van der Waals surface area contributed by atoms with Crippen LogP contribution in [0.15, 0.2) is 34.7 Å². The fourth-order valence-electron chi connectivity index (χ4n) is 5.63. The molecule has 0 N–H and O–H groups in total. The first-order valence-electron chi connectivity index (χ1n) is 10.3. The molecule has 4 atom stereocenters. The van der Waals surface area contributed by atoms with Crippen LogP contribution in [0.5, 0.6) is 0 Å². The second kappa shape index (κ2) is 8.14. The Morgan fingerprint density at radius 3 is 2.75 bits per heavy atom. The summed E-state index contributed by atoms with van der Waals surface area (Å²) in [6.45, 7) is 6.35. The van der Waals surface area contributed by atoms with E-state index in [0.717, 1.165) is 38.5 Å². The van der Waals surface area contributed by atoms with E-state index in [1.807, 2.05) is 18.4 Å². The van der Waals surface area contributed by atoms with Crippen LogP contribution in [0.25, 0.3) is 0 Å². The quantitative estimate of drug-likeness (QED) is 0.661. The van der Waals surface area contributed by atoms with Crippen LogP contribution in [-0.4, -0.2) is 25.7 Å². The van der Waals surface area contributed by atoms with Crippen LogP contribution < -0.4 is 0 Å². The second-order valence-electron chi connectivity index (χ2n) is 8.75. The molecule has 154 valence electrons. The van der Waals surface area contributed by atoms with Gasteiger partial charge in [0.1, 0.15) is 6.61 Å². The lowest BCUT2D eigenvalue weighted by atomic mass is 9.46. The molecule has 2 aliphatic carbocycles. The van der Waals surface area contributed by atoms with Crippen LogP contribution in [0.4, 0.5) is 0 Å². The van der Waals surface area contributed by atoms with Crippen molar-refractivity contribution in [1.29, 1.82) is 0 Å². The predicted octanol–water partition coefficient (Wildman–Crippen LogP) is 4.71. The SMILES string of the molecule is COC(=O)C1=CCC[C@H]2[C@@]1(COC(C)=O)CC[C@@H](C)[C@]2(C)CCc1ccoc1. The molecule has 0 radical (unpaired) electrons. The Kier molecular flexibility index (Phi) is 6.01. The molecule has 0 amide bonds. The van der Waals surface area contributed by atoms with Crippen molar-refractivity contribution in [2.45, 2.75) is 59.3 Å². The number of hydrogen-bond acceptors (Lipinski definition) is 5. The van der Waals surface area contributed by atoms with Gasteiger partial charge in [-0.15, -0.1) is 0 Å². The number of hydrogen-bond donors (Lipinski definition) is 0. The number of rotatable bonds is 6. The van der Waals surface area contributed by atoms with Crippen molar-refractivity contribution in [2.24, 2.45) is 22.7 Å². The first kappa shape index (κ1) is 20.7. The van der Waals surface area contributed by atoms with Crippen molar-refractivity contribution in [3.8, 4) is 0 Å². The van der Waals surface area contributed by atoms with E-state index in [-0.39, 0.29) is 29.9 Å². The lowest BCUT2D eigenvalue weighted by Crippen LogP contribution is -2.54. The average molecular weight is 389 g/mol. The molecule has 1 heterocycles. The lowest BCUT2D eigenvalue weighted by Gasteiger charge is -2.58. The maximum absolute atomic E-state index is 12.7. The predicted molar refractivity (Wildman–Crippen MR) is 105 cm³/mol. The molecular formula is C23H32O5. The molecule has 0 saturated heterocycles. The third kappa shape index (κ3) is 3.63. The standard InChI is InChI=1S/C23H32O5/c1-16-8-12-23(15-28-17(2)24)19(21(25)26-4)6-5-7-20(23)22(16,3)11-9-18-10-13-27-14-18/h6,10,13-14,16,20H,5,7-9,11-12,15H2,1-4H3/t16-,20-,22+,23-/m1/s1. The third-order valence-corrected chi connectivity index (χ3v) is 7.42. The Morgan fingerprint density at radius 1 is 1.32 bits per heavy atom. The topological polar surface area (TPSA) is 65.7 Å². The molecule has 1 aromatic rings. The molecule has 0 spiro atoms. The van der Waals surface area contributed by atoms with Gasteiger partial charge in [0.25, 0.3) is 0 Å². The highest BCUT2D eigenvalue weighted by molar-refractivity contribution is 5.90. The number of aryl methyl sites for hydroxylation is 1. The maximum Gasteiger partial charge on any atom is 0.334 e. The van der Waals surface area contributed by atoms with Gasteiger partial charge in [-0.1, -0.05) is 19.9 Å². The average Bonchev–Trinajstić information content (AvgIpc) is 3.21. The Morgan fingerprint density at radius 2 is 2.11 bits per heavy atom. The van der Waals surface area contributed by atoms with Gasteiger partial charge >= 0.3 is 11.9 Å². The van der Waals surface area contributed by atoms with E-state index in [1.54, 1.807) is 6.26 Å². The molecule has 1 fully saturated rings. The number of furan rings is 1. The number of allylic oxidation sites excluding steroid dienone is 1. The molecular weight excluding hydrogens is 356 g/mol. The van der Waals surface area contributed by atoms with E-state index >= 15 is 0 Å². The minimum Gasteiger partial charge on any atom is -0.472 e. The van der Waals surface area contributed by atoms with Gasteiger partial charge in [0.15, 0.2) is 0 Å². The van der Waals surface area contributed by atoms with Crippen molar-refractivity contribution in [3.05, 3.63) is 35.8 Å². The van der Waals surface area contributed by atoms with Gasteiger partial charge in [-0.05, 0) is 67.4 Å². The van der Waals surface area contributed by atoms with Crippen molar-refractivity contribution >= 4 is 11.9 Å². The minimum absolute atomic E-state index is 0.0310. The van der Waals surface area contributed by atoms with Gasteiger partial charge in [-0.25, -0.2) is 4.79 Å². The number of carbonyl (C=O) groups excluding carboxylic acids is 2. The molecule has 1 saturated carbocycles. The molecule has 5 nitrogen and oxygen atoms in total. The summed E-state index contributed by atoms with van der Waals surface area (Å²) in [5.41, 5.74) is 1.47. The second-order valence-corrected chi connectivity index (χ2v) is 8.75. The first-order valence-corrected chi connectivity index (χ1v) is 10.3. The number of fused-ring (bicyclic) bond motifs is 1. The molecule has 0 bridgehead atoms. The monoisotopic (exact) mass is 388 g/mol. The van der Waals surface area contributed by atoms with Gasteiger partial charge in [0.05, 0.1) is 19.6 Å². The molecule has 5 heteroatoms. The molecule has 28 heavy (non-hydrogen) atoms. The number of methoxy groups -OCH3 is 1. The lowest BCUT2D eigenvalue weighted by molar-refractivity contribution is -0.156. The Balaban J connectivity index is 1.97. The zero-order valence-electron chi connectivity index (χ0n) is 17.5. The maximum atomic E-state index is 12.7. The summed E-state index contributed by atoms with van der Waals surface area (Å²) in [6.07, 6.45) is 11.2. The van der Waals surface area contributed by atoms with Gasteiger partial charge in [-0.3, -0.25) is 4.79 Å². The smallest absolute Gasteiger partial charge is 0.334 e. The van der Waals surface area contributed by atoms with Crippen molar-refractivity contribution in [1.82, 2.24) is 0 Å². The van der Waals surface area contributed by atoms with Crippen LogP contribution >= 0.6 is 0 Å². The van der Waals surface area contributed by atoms with Crippen LogP contribution in [0, 0.1) is 22.7 Å². The van der Waals surface area contributed by atoms with Gasteiger partial charge in [0.2, 0.25) is 0 Å². The van der Waals surface area contributed by atoms with Crippen LogP contribution in [0.3, 0.4) is 0 Å². The van der Waals surface area contributed by atoms with Gasteiger partial charge in [-0.2, -0.15) is 0 Å². The molecule has 0 aromatic carbocycles. The highest BCUT2D eigenvalue weighted by atomic mass is 16.5. The van der Waals surface area contributed by atoms with Crippen molar-refractivity contribution in [2.75, 3.05) is 13.7 Å².